The molecule has 0 saturated heterocycles. The number of nitrogens with one attached hydrogen (secondary N) is 2. The molecule has 2 N–H and O–H groups in total. The molecule has 0 saturated carbocycles. The van der Waals surface area contributed by atoms with Crippen molar-refractivity contribution in [3.63, 3.8) is 0 Å². The number of carbonyl (C=O) groups is 1. The molecule has 0 radical (unpaired) electrons. The third-order valence-electron chi connectivity index (χ3n) is 4.55. The van der Waals surface area contributed by atoms with Crippen molar-refractivity contribution in [3.8, 4) is 5.69 Å². The fourth-order valence-corrected chi connectivity index (χ4v) is 2.89. The molecule has 154 valence electrons. The summed E-state index contributed by atoms with van der Waals surface area (Å²) >= 11 is 0. The van der Waals surface area contributed by atoms with Gasteiger partial charge in [0.2, 0.25) is 0 Å². The number of anilines is 1. The Hall–Kier alpha value is -3.09. The van der Waals surface area contributed by atoms with Crippen LogP contribution in [0.25, 0.3) is 5.69 Å². The fraction of sp³-hybridized carbons (Fsp3) is 0.409. The maximum Gasteiger partial charge on any atom is 0.320 e. The van der Waals surface area contributed by atoms with Crippen LogP contribution in [0.4, 0.5) is 10.6 Å². The van der Waals surface area contributed by atoms with Crippen molar-refractivity contribution in [3.05, 3.63) is 60.3 Å². The Balaban J connectivity index is 1.66. The zero-order chi connectivity index (χ0) is 21.2. The van der Waals surface area contributed by atoms with Crippen molar-refractivity contribution in [2.24, 2.45) is 0 Å². The summed E-state index contributed by atoms with van der Waals surface area (Å²) in [5.41, 5.74) is 2.65. The van der Waals surface area contributed by atoms with Gasteiger partial charge in [-0.1, -0.05) is 32.9 Å². The molecule has 0 aliphatic heterocycles. The Bertz CT molecular complexity index is 956. The van der Waals surface area contributed by atoms with E-state index >= 15 is 0 Å². The molecule has 0 unspecified atom stereocenters. The second-order valence-corrected chi connectivity index (χ2v) is 9.19. The van der Waals surface area contributed by atoms with Crippen LogP contribution in [0.1, 0.15) is 52.8 Å². The molecule has 1 aromatic carbocycles. The first-order valence-corrected chi connectivity index (χ1v) is 9.77. The summed E-state index contributed by atoms with van der Waals surface area (Å²) in [5, 5.41) is 10.6. The lowest BCUT2D eigenvalue weighted by Crippen LogP contribution is -2.32. The van der Waals surface area contributed by atoms with Gasteiger partial charge >= 0.3 is 6.03 Å². The summed E-state index contributed by atoms with van der Waals surface area (Å²) in [7, 11) is 0. The van der Waals surface area contributed by atoms with E-state index in [1.165, 1.54) is 0 Å². The van der Waals surface area contributed by atoms with Crippen LogP contribution in [-0.2, 0) is 17.5 Å². The summed E-state index contributed by atoms with van der Waals surface area (Å²) in [4.78, 5) is 16.6. The number of hydrogen-bond acceptors (Lipinski definition) is 3. The Morgan fingerprint density at radius 3 is 2.31 bits per heavy atom. The van der Waals surface area contributed by atoms with Crippen molar-refractivity contribution >= 4 is 11.8 Å². The van der Waals surface area contributed by atoms with E-state index in [-0.39, 0.29) is 17.0 Å². The molecule has 2 amide bonds. The van der Waals surface area contributed by atoms with Crippen molar-refractivity contribution < 1.29 is 4.79 Å². The zero-order valence-corrected chi connectivity index (χ0v) is 18.0. The third-order valence-corrected chi connectivity index (χ3v) is 4.55. The number of rotatable bonds is 4. The maximum atomic E-state index is 12.5. The Morgan fingerprint density at radius 2 is 1.76 bits per heavy atom. The Labute approximate surface area is 172 Å². The third kappa shape index (κ3) is 5.04. The van der Waals surface area contributed by atoms with Gasteiger partial charge in [-0.25, -0.2) is 14.5 Å². The molecule has 3 rings (SSSR count). The first-order chi connectivity index (χ1) is 13.5. The number of benzene rings is 1. The monoisotopic (exact) mass is 394 g/mol. The van der Waals surface area contributed by atoms with E-state index < -0.39 is 0 Å². The predicted octanol–water partition coefficient (Wildman–Crippen LogP) is 4.44. The van der Waals surface area contributed by atoms with Crippen molar-refractivity contribution in [2.45, 2.75) is 59.0 Å². The molecule has 29 heavy (non-hydrogen) atoms. The van der Waals surface area contributed by atoms with Gasteiger partial charge in [0.25, 0.3) is 0 Å². The molecule has 2 heterocycles. The lowest BCUT2D eigenvalue weighted by Gasteiger charge is -2.23. The van der Waals surface area contributed by atoms with Crippen LogP contribution in [0.3, 0.4) is 0 Å². The van der Waals surface area contributed by atoms with E-state index in [1.807, 2.05) is 45.8 Å². The molecular formula is C22H30N6O. The van der Waals surface area contributed by atoms with Crippen LogP contribution >= 0.6 is 0 Å². The normalized spacial score (nSPS) is 12.1. The van der Waals surface area contributed by atoms with Crippen LogP contribution in [0.2, 0.25) is 0 Å². The van der Waals surface area contributed by atoms with Gasteiger partial charge in [-0.05, 0) is 38.5 Å². The number of hydrogen-bond donors (Lipinski definition) is 2. The quantitative estimate of drug-likeness (QED) is 0.687. The van der Waals surface area contributed by atoms with Gasteiger partial charge in [-0.3, -0.25) is 5.32 Å². The minimum absolute atomic E-state index is 0.0968. The van der Waals surface area contributed by atoms with Crippen molar-refractivity contribution in [1.82, 2.24) is 24.6 Å². The molecule has 0 fully saturated rings. The molecule has 0 aliphatic rings. The van der Waals surface area contributed by atoms with Crippen LogP contribution in [0.5, 0.6) is 0 Å². The second-order valence-electron chi connectivity index (χ2n) is 9.19. The first-order valence-electron chi connectivity index (χ1n) is 9.77. The van der Waals surface area contributed by atoms with Gasteiger partial charge < -0.3 is 9.88 Å². The number of amides is 2. The van der Waals surface area contributed by atoms with E-state index in [0.29, 0.717) is 12.4 Å². The molecular weight excluding hydrogens is 364 g/mol. The zero-order valence-electron chi connectivity index (χ0n) is 18.0. The van der Waals surface area contributed by atoms with E-state index in [9.17, 15) is 4.79 Å². The summed E-state index contributed by atoms with van der Waals surface area (Å²) < 4.78 is 3.80. The lowest BCUT2D eigenvalue weighted by molar-refractivity contribution is 0.251. The largest absolute Gasteiger partial charge is 0.334 e. The number of imidazole rings is 1. The van der Waals surface area contributed by atoms with Gasteiger partial charge in [0, 0.05) is 36.1 Å². The summed E-state index contributed by atoms with van der Waals surface area (Å²) in [5.74, 6) is 0.690. The molecule has 0 bridgehead atoms. The average molecular weight is 395 g/mol. The van der Waals surface area contributed by atoms with Crippen molar-refractivity contribution in [1.29, 1.82) is 0 Å². The summed E-state index contributed by atoms with van der Waals surface area (Å²) in [6.07, 6.45) is 5.39. The van der Waals surface area contributed by atoms with Crippen molar-refractivity contribution in [2.75, 3.05) is 5.32 Å². The predicted molar refractivity (Wildman–Crippen MR) is 115 cm³/mol. The molecule has 7 heteroatoms. The van der Waals surface area contributed by atoms with Crippen LogP contribution in [-0.4, -0.2) is 25.4 Å². The Kier molecular flexibility index (Phi) is 5.50. The van der Waals surface area contributed by atoms with Crippen LogP contribution in [0, 0.1) is 0 Å². The SMILES string of the molecule is CC(C)(C)c1cc(NC(=O)NCc2ccc(-n3ccnc3)cc2)n(C(C)(C)C)n1. The van der Waals surface area contributed by atoms with Gasteiger partial charge in [-0.2, -0.15) is 5.10 Å². The molecule has 0 spiro atoms. The topological polar surface area (TPSA) is 76.8 Å². The number of aromatic nitrogens is 4. The van der Waals surface area contributed by atoms with E-state index in [2.05, 4.69) is 57.2 Å². The highest BCUT2D eigenvalue weighted by Crippen LogP contribution is 2.28. The molecule has 7 nitrogen and oxygen atoms in total. The molecule has 3 aromatic rings. The molecule has 2 aromatic heterocycles. The Morgan fingerprint density at radius 1 is 1.07 bits per heavy atom. The van der Waals surface area contributed by atoms with E-state index in [0.717, 1.165) is 16.9 Å². The maximum absolute atomic E-state index is 12.5. The van der Waals surface area contributed by atoms with E-state index in [4.69, 9.17) is 5.10 Å². The van der Waals surface area contributed by atoms with Gasteiger partial charge in [0.1, 0.15) is 5.82 Å². The highest BCUT2D eigenvalue weighted by atomic mass is 16.2. The standard InChI is InChI=1S/C22H30N6O/c1-21(2,3)18-13-19(28(26-18)22(4,5)6)25-20(29)24-14-16-7-9-17(10-8-16)27-12-11-23-15-27/h7-13,15H,14H2,1-6H3,(H2,24,25,29). The van der Waals surface area contributed by atoms with Crippen LogP contribution < -0.4 is 10.6 Å². The highest BCUT2D eigenvalue weighted by molar-refractivity contribution is 5.88. The minimum atomic E-state index is -0.255. The van der Waals surface area contributed by atoms with Gasteiger partial charge in [-0.15, -0.1) is 0 Å². The smallest absolute Gasteiger partial charge is 0.320 e. The average Bonchev–Trinajstić information content (AvgIpc) is 3.29. The van der Waals surface area contributed by atoms with Gasteiger partial charge in [0.15, 0.2) is 0 Å². The van der Waals surface area contributed by atoms with E-state index in [1.54, 1.807) is 12.5 Å². The number of carbonyl (C=O) groups excluding carboxylic acids is 1. The number of nitrogens with zero attached hydrogens (tertiary/aromatic N) is 4. The summed E-state index contributed by atoms with van der Waals surface area (Å²) in [6, 6.07) is 9.68. The lowest BCUT2D eigenvalue weighted by atomic mass is 9.92. The fourth-order valence-electron chi connectivity index (χ4n) is 2.89. The minimum Gasteiger partial charge on any atom is -0.334 e. The number of urea groups is 1. The van der Waals surface area contributed by atoms with Gasteiger partial charge in [0.05, 0.1) is 17.6 Å². The molecule has 0 aliphatic carbocycles. The highest BCUT2D eigenvalue weighted by Gasteiger charge is 2.25. The second kappa shape index (κ2) is 7.73. The molecule has 0 atom stereocenters. The first kappa shape index (κ1) is 20.6. The summed E-state index contributed by atoms with van der Waals surface area (Å²) in [6.45, 7) is 13.0. The van der Waals surface area contributed by atoms with Crippen LogP contribution in [0.15, 0.2) is 49.1 Å².